The van der Waals surface area contributed by atoms with Crippen LogP contribution in [0.4, 0.5) is 10.1 Å². The van der Waals surface area contributed by atoms with E-state index in [4.69, 9.17) is 4.74 Å². The van der Waals surface area contributed by atoms with E-state index in [2.05, 4.69) is 0 Å². The molecule has 1 unspecified atom stereocenters. The standard InChI is InChI=1S/C17H18FNO4S/c1-11-3-6-16(23-2)17(9-11)24(21,22)19-8-7-15(20)13-10-12(18)4-5-14(13)19/h3-6,9-10,15,20H,7-8H2,1-2H3. The summed E-state index contributed by atoms with van der Waals surface area (Å²) >= 11 is 0. The summed E-state index contributed by atoms with van der Waals surface area (Å²) in [5, 5.41) is 10.1. The fraction of sp³-hybridized carbons (Fsp3) is 0.294. The van der Waals surface area contributed by atoms with Crippen LogP contribution in [0.3, 0.4) is 0 Å². The Kier molecular flexibility index (Phi) is 4.23. The van der Waals surface area contributed by atoms with Gasteiger partial charge < -0.3 is 9.84 Å². The lowest BCUT2D eigenvalue weighted by atomic mass is 10.0. The van der Waals surface area contributed by atoms with Crippen LogP contribution in [0.25, 0.3) is 0 Å². The normalized spacial score (nSPS) is 17.5. The highest BCUT2D eigenvalue weighted by molar-refractivity contribution is 7.93. The highest BCUT2D eigenvalue weighted by Gasteiger charge is 2.34. The van der Waals surface area contributed by atoms with Crippen molar-refractivity contribution in [2.45, 2.75) is 24.3 Å². The number of hydrogen-bond acceptors (Lipinski definition) is 4. The minimum Gasteiger partial charge on any atom is -0.495 e. The molecule has 0 aliphatic carbocycles. The molecule has 0 radical (unpaired) electrons. The molecule has 1 atom stereocenters. The molecule has 0 saturated carbocycles. The Morgan fingerprint density at radius 1 is 1.25 bits per heavy atom. The Labute approximate surface area is 140 Å². The number of anilines is 1. The Bertz CT molecular complexity index is 882. The van der Waals surface area contributed by atoms with Crippen LogP contribution in [0.15, 0.2) is 41.3 Å². The van der Waals surface area contributed by atoms with E-state index in [1.54, 1.807) is 25.1 Å². The van der Waals surface area contributed by atoms with Crippen LogP contribution in [0.1, 0.15) is 23.7 Å². The van der Waals surface area contributed by atoms with Crippen molar-refractivity contribution in [3.8, 4) is 5.75 Å². The minimum absolute atomic E-state index is 0.0525. The average Bonchev–Trinajstić information content (AvgIpc) is 2.55. The number of methoxy groups -OCH3 is 1. The first-order valence-corrected chi connectivity index (χ1v) is 8.93. The van der Waals surface area contributed by atoms with Gasteiger partial charge in [-0.1, -0.05) is 6.07 Å². The fourth-order valence-corrected chi connectivity index (χ4v) is 4.64. The quantitative estimate of drug-likeness (QED) is 0.923. The predicted molar refractivity (Wildman–Crippen MR) is 88.2 cm³/mol. The van der Waals surface area contributed by atoms with E-state index in [0.717, 1.165) is 5.56 Å². The molecule has 0 spiro atoms. The van der Waals surface area contributed by atoms with Crippen LogP contribution in [0.2, 0.25) is 0 Å². The van der Waals surface area contributed by atoms with Gasteiger partial charge in [-0.3, -0.25) is 4.31 Å². The summed E-state index contributed by atoms with van der Waals surface area (Å²) in [4.78, 5) is 0.0525. The number of halogens is 1. The van der Waals surface area contributed by atoms with E-state index in [0.29, 0.717) is 5.69 Å². The molecule has 3 rings (SSSR count). The van der Waals surface area contributed by atoms with E-state index >= 15 is 0 Å². The molecule has 0 amide bonds. The number of aliphatic hydroxyl groups is 1. The number of aryl methyl sites for hydroxylation is 1. The Hall–Kier alpha value is -2.12. The molecule has 1 N–H and O–H groups in total. The maximum Gasteiger partial charge on any atom is 0.268 e. The molecule has 2 aromatic rings. The van der Waals surface area contributed by atoms with Crippen molar-refractivity contribution in [3.63, 3.8) is 0 Å². The SMILES string of the molecule is COc1ccc(C)cc1S(=O)(=O)N1CCC(O)c2cc(F)ccc21. The number of rotatable bonds is 3. The van der Waals surface area contributed by atoms with Crippen molar-refractivity contribution < 1.29 is 22.7 Å². The molecule has 128 valence electrons. The van der Waals surface area contributed by atoms with Crippen LogP contribution in [-0.2, 0) is 10.0 Å². The third-order valence-electron chi connectivity index (χ3n) is 4.11. The molecule has 1 heterocycles. The van der Waals surface area contributed by atoms with Gasteiger partial charge in [0.2, 0.25) is 0 Å². The number of fused-ring (bicyclic) bond motifs is 1. The predicted octanol–water partition coefficient (Wildman–Crippen LogP) is 2.78. The van der Waals surface area contributed by atoms with E-state index in [1.165, 1.54) is 29.6 Å². The van der Waals surface area contributed by atoms with Gasteiger partial charge in [-0.15, -0.1) is 0 Å². The highest BCUT2D eigenvalue weighted by atomic mass is 32.2. The van der Waals surface area contributed by atoms with Gasteiger partial charge in [-0.2, -0.15) is 0 Å². The summed E-state index contributed by atoms with van der Waals surface area (Å²) in [7, 11) is -2.49. The Balaban J connectivity index is 2.16. The number of benzene rings is 2. The molecule has 0 fully saturated rings. The van der Waals surface area contributed by atoms with Crippen molar-refractivity contribution in [1.82, 2.24) is 0 Å². The third kappa shape index (κ3) is 2.74. The van der Waals surface area contributed by atoms with E-state index in [1.807, 2.05) is 0 Å². The van der Waals surface area contributed by atoms with E-state index in [-0.39, 0.29) is 29.2 Å². The van der Waals surface area contributed by atoms with Crippen molar-refractivity contribution in [2.75, 3.05) is 18.0 Å². The molecule has 7 heteroatoms. The molecular formula is C17H18FNO4S. The molecule has 1 aliphatic rings. The molecular weight excluding hydrogens is 333 g/mol. The number of hydrogen-bond donors (Lipinski definition) is 1. The van der Waals surface area contributed by atoms with Gasteiger partial charge in [0.05, 0.1) is 18.9 Å². The summed E-state index contributed by atoms with van der Waals surface area (Å²) < 4.78 is 46.2. The van der Waals surface area contributed by atoms with Gasteiger partial charge in [-0.05, 0) is 49.2 Å². The lowest BCUT2D eigenvalue weighted by Gasteiger charge is -2.33. The topological polar surface area (TPSA) is 66.8 Å². The molecule has 0 saturated heterocycles. The number of aliphatic hydroxyl groups excluding tert-OH is 1. The first-order chi connectivity index (χ1) is 11.3. The Morgan fingerprint density at radius 3 is 2.71 bits per heavy atom. The third-order valence-corrected chi connectivity index (χ3v) is 5.94. The molecule has 5 nitrogen and oxygen atoms in total. The van der Waals surface area contributed by atoms with Gasteiger partial charge >= 0.3 is 0 Å². The van der Waals surface area contributed by atoms with Gasteiger partial charge in [0, 0.05) is 12.1 Å². The van der Waals surface area contributed by atoms with E-state index < -0.39 is 21.9 Å². The van der Waals surface area contributed by atoms with Gasteiger partial charge in [-0.25, -0.2) is 12.8 Å². The zero-order valence-corrected chi connectivity index (χ0v) is 14.2. The maximum atomic E-state index is 13.5. The lowest BCUT2D eigenvalue weighted by Crippen LogP contribution is -2.37. The fourth-order valence-electron chi connectivity index (χ4n) is 2.89. The summed E-state index contributed by atoms with van der Waals surface area (Å²) in [6.45, 7) is 1.90. The average molecular weight is 351 g/mol. The maximum absolute atomic E-state index is 13.5. The van der Waals surface area contributed by atoms with Crippen LogP contribution in [0, 0.1) is 12.7 Å². The lowest BCUT2D eigenvalue weighted by molar-refractivity contribution is 0.166. The number of ether oxygens (including phenoxy) is 1. The number of nitrogens with zero attached hydrogens (tertiary/aromatic N) is 1. The van der Waals surface area contributed by atoms with Gasteiger partial charge in [0.15, 0.2) is 0 Å². The molecule has 24 heavy (non-hydrogen) atoms. The molecule has 1 aliphatic heterocycles. The zero-order chi connectivity index (χ0) is 17.5. The molecule has 2 aromatic carbocycles. The smallest absolute Gasteiger partial charge is 0.268 e. The Morgan fingerprint density at radius 2 is 2.00 bits per heavy atom. The largest absolute Gasteiger partial charge is 0.495 e. The summed E-state index contributed by atoms with van der Waals surface area (Å²) in [5.74, 6) is -0.268. The first kappa shape index (κ1) is 16.7. The second-order valence-electron chi connectivity index (χ2n) is 5.74. The summed E-state index contributed by atoms with van der Waals surface area (Å²) in [5.41, 5.74) is 1.35. The monoisotopic (exact) mass is 351 g/mol. The summed E-state index contributed by atoms with van der Waals surface area (Å²) in [6, 6.07) is 8.66. The van der Waals surface area contributed by atoms with Crippen LogP contribution < -0.4 is 9.04 Å². The van der Waals surface area contributed by atoms with Crippen molar-refractivity contribution in [1.29, 1.82) is 0 Å². The van der Waals surface area contributed by atoms with E-state index in [9.17, 15) is 17.9 Å². The van der Waals surface area contributed by atoms with Crippen molar-refractivity contribution >= 4 is 15.7 Å². The molecule has 0 aromatic heterocycles. The zero-order valence-electron chi connectivity index (χ0n) is 13.4. The minimum atomic E-state index is -3.90. The molecule has 0 bridgehead atoms. The van der Waals surface area contributed by atoms with Crippen LogP contribution >= 0.6 is 0 Å². The summed E-state index contributed by atoms with van der Waals surface area (Å²) in [6.07, 6.45) is -0.689. The van der Waals surface area contributed by atoms with Gasteiger partial charge in [0.25, 0.3) is 10.0 Å². The number of sulfonamides is 1. The van der Waals surface area contributed by atoms with Crippen molar-refractivity contribution in [2.24, 2.45) is 0 Å². The van der Waals surface area contributed by atoms with Crippen LogP contribution in [-0.4, -0.2) is 27.2 Å². The first-order valence-electron chi connectivity index (χ1n) is 7.49. The highest BCUT2D eigenvalue weighted by Crippen LogP contribution is 2.39. The second-order valence-corrected chi connectivity index (χ2v) is 7.57. The second kappa shape index (κ2) is 6.07. The van der Waals surface area contributed by atoms with Crippen LogP contribution in [0.5, 0.6) is 5.75 Å². The van der Waals surface area contributed by atoms with Gasteiger partial charge in [0.1, 0.15) is 16.5 Å². The van der Waals surface area contributed by atoms with Crippen molar-refractivity contribution in [3.05, 3.63) is 53.3 Å².